The third-order valence-electron chi connectivity index (χ3n) is 5.69. The molecule has 3 aromatic carbocycles. The molecule has 0 amide bonds. The van der Waals surface area contributed by atoms with Crippen molar-refractivity contribution in [3.63, 3.8) is 0 Å². The molecule has 0 heterocycles. The Labute approximate surface area is 243 Å². The molecule has 0 saturated carbocycles. The number of aliphatic carboxylic acids is 2. The van der Waals surface area contributed by atoms with Gasteiger partial charge in [-0.25, -0.2) is 19.2 Å². The number of methoxy groups -OCH3 is 1. The molecule has 0 aliphatic heterocycles. The van der Waals surface area contributed by atoms with Gasteiger partial charge in [-0.1, -0.05) is 55.5 Å². The molecule has 0 saturated heterocycles. The summed E-state index contributed by atoms with van der Waals surface area (Å²) in [6.07, 6.45) is -4.43. The molecule has 3 atom stereocenters. The van der Waals surface area contributed by atoms with Crippen LogP contribution in [0.15, 0.2) is 84.9 Å². The lowest BCUT2D eigenvalue weighted by molar-refractivity contribution is -0.166. The number of ether oxygens (including phenoxy) is 3. The van der Waals surface area contributed by atoms with Crippen molar-refractivity contribution < 1.29 is 48.4 Å². The first kappa shape index (κ1) is 33.2. The van der Waals surface area contributed by atoms with Gasteiger partial charge in [-0.15, -0.1) is 0 Å². The Morgan fingerprint density at radius 3 is 1.50 bits per heavy atom. The van der Waals surface area contributed by atoms with E-state index in [0.717, 1.165) is 12.3 Å². The summed E-state index contributed by atoms with van der Waals surface area (Å²) in [7, 11) is 5.54. The van der Waals surface area contributed by atoms with Gasteiger partial charge in [-0.05, 0) is 50.5 Å². The number of benzene rings is 3. The lowest BCUT2D eigenvalue weighted by atomic mass is 9.99. The maximum atomic E-state index is 12.1. The molecule has 3 aromatic rings. The second kappa shape index (κ2) is 16.3. The summed E-state index contributed by atoms with van der Waals surface area (Å²) >= 11 is 0. The van der Waals surface area contributed by atoms with E-state index in [0.29, 0.717) is 5.56 Å². The van der Waals surface area contributed by atoms with E-state index in [-0.39, 0.29) is 22.8 Å². The minimum Gasteiger partial charge on any atom is -0.497 e. The minimum absolute atomic E-state index is 0.00195. The van der Waals surface area contributed by atoms with Crippen LogP contribution in [0.4, 0.5) is 0 Å². The first-order chi connectivity index (χ1) is 19.9. The number of hydrogen-bond acceptors (Lipinski definition) is 9. The maximum absolute atomic E-state index is 12.1. The van der Waals surface area contributed by atoms with E-state index in [9.17, 15) is 34.2 Å². The molecule has 11 heteroatoms. The molecule has 0 fully saturated rings. The van der Waals surface area contributed by atoms with E-state index < -0.39 is 36.1 Å². The van der Waals surface area contributed by atoms with Crippen LogP contribution in [0.5, 0.6) is 5.75 Å². The number of rotatable bonds is 12. The number of carbonyl (C=O) groups is 5. The van der Waals surface area contributed by atoms with Crippen LogP contribution in [-0.4, -0.2) is 84.7 Å². The van der Waals surface area contributed by atoms with Gasteiger partial charge < -0.3 is 29.3 Å². The van der Waals surface area contributed by atoms with Crippen LogP contribution in [0.25, 0.3) is 0 Å². The number of ketones is 1. The Balaban J connectivity index is 0.000000330. The van der Waals surface area contributed by atoms with E-state index >= 15 is 0 Å². The Morgan fingerprint density at radius 2 is 1.12 bits per heavy atom. The van der Waals surface area contributed by atoms with Crippen LogP contribution in [-0.2, 0) is 19.1 Å². The predicted octanol–water partition coefficient (Wildman–Crippen LogP) is 3.68. The molecule has 0 radical (unpaired) electrons. The first-order valence-electron chi connectivity index (χ1n) is 12.7. The van der Waals surface area contributed by atoms with Crippen molar-refractivity contribution in [2.24, 2.45) is 5.92 Å². The predicted molar refractivity (Wildman–Crippen MR) is 152 cm³/mol. The molecule has 0 spiro atoms. The van der Waals surface area contributed by atoms with Crippen LogP contribution in [0, 0.1) is 5.92 Å². The van der Waals surface area contributed by atoms with Gasteiger partial charge in [0.05, 0.1) is 18.2 Å². The summed E-state index contributed by atoms with van der Waals surface area (Å²) in [5.74, 6) is -4.75. The van der Waals surface area contributed by atoms with Crippen molar-refractivity contribution in [2.75, 3.05) is 27.7 Å². The average molecular weight is 580 g/mol. The molecule has 11 nitrogen and oxygen atoms in total. The van der Waals surface area contributed by atoms with E-state index in [2.05, 4.69) is 0 Å². The fourth-order valence-electron chi connectivity index (χ4n) is 3.69. The highest BCUT2D eigenvalue weighted by Gasteiger charge is 2.41. The van der Waals surface area contributed by atoms with Crippen molar-refractivity contribution >= 4 is 29.7 Å². The normalized spacial score (nSPS) is 12.5. The second-order valence-electron chi connectivity index (χ2n) is 9.32. The largest absolute Gasteiger partial charge is 0.497 e. The van der Waals surface area contributed by atoms with Crippen molar-refractivity contribution in [3.8, 4) is 5.75 Å². The van der Waals surface area contributed by atoms with Crippen LogP contribution < -0.4 is 4.74 Å². The zero-order valence-corrected chi connectivity index (χ0v) is 23.6. The molecule has 42 heavy (non-hydrogen) atoms. The number of Topliss-reactive ketones (excluding diaryl/α,β-unsaturated/α-hetero) is 1. The van der Waals surface area contributed by atoms with Crippen LogP contribution >= 0.6 is 0 Å². The van der Waals surface area contributed by atoms with Gasteiger partial charge in [0.1, 0.15) is 5.75 Å². The standard InChI is InChI=1S/C18H14O8.C13H19NO2/c19-15(20)13(25-17(23)11-7-3-1-4-8-11)14(16(21)22)26-18(24)12-9-5-2-6-10-12;1-10(9-14(2)3)13(15)11-6-5-7-12(8-11)16-4/h1-10,13-14H,(H,19,20)(H,21,22);5-8,10H,9H2,1-4H3/t;10-/m.0/s1. The summed E-state index contributed by atoms with van der Waals surface area (Å²) in [6.45, 7) is 2.71. The zero-order chi connectivity index (χ0) is 31.2. The Hall–Kier alpha value is -5.03. The monoisotopic (exact) mass is 579 g/mol. The van der Waals surface area contributed by atoms with Crippen molar-refractivity contribution in [1.29, 1.82) is 0 Å². The number of carboxylic acids is 2. The van der Waals surface area contributed by atoms with Crippen LogP contribution in [0.1, 0.15) is 38.0 Å². The fourth-order valence-corrected chi connectivity index (χ4v) is 3.69. The number of carbonyl (C=O) groups excluding carboxylic acids is 3. The van der Waals surface area contributed by atoms with Gasteiger partial charge in [0.25, 0.3) is 0 Å². The third kappa shape index (κ3) is 10.2. The molecule has 3 rings (SSSR count). The molecule has 0 bridgehead atoms. The van der Waals surface area contributed by atoms with Gasteiger partial charge in [-0.3, -0.25) is 4.79 Å². The van der Waals surface area contributed by atoms with Crippen molar-refractivity contribution in [2.45, 2.75) is 19.1 Å². The average Bonchev–Trinajstić information content (AvgIpc) is 2.98. The summed E-state index contributed by atoms with van der Waals surface area (Å²) < 4.78 is 14.6. The Kier molecular flexibility index (Phi) is 12.9. The third-order valence-corrected chi connectivity index (χ3v) is 5.69. The smallest absolute Gasteiger partial charge is 0.349 e. The lowest BCUT2D eigenvalue weighted by Gasteiger charge is -2.21. The number of nitrogens with zero attached hydrogens (tertiary/aromatic N) is 1. The highest BCUT2D eigenvalue weighted by molar-refractivity contribution is 5.98. The van der Waals surface area contributed by atoms with E-state index in [1.165, 1.54) is 48.5 Å². The Bertz CT molecular complexity index is 1290. The van der Waals surface area contributed by atoms with Crippen LogP contribution in [0.2, 0.25) is 0 Å². The number of hydrogen-bond donors (Lipinski definition) is 2. The molecule has 2 N–H and O–H groups in total. The first-order valence-corrected chi connectivity index (χ1v) is 12.7. The summed E-state index contributed by atoms with van der Waals surface area (Å²) in [5.41, 5.74) is 0.767. The molecular weight excluding hydrogens is 546 g/mol. The highest BCUT2D eigenvalue weighted by Crippen LogP contribution is 2.16. The summed E-state index contributed by atoms with van der Waals surface area (Å²) in [5, 5.41) is 18.5. The quantitative estimate of drug-likeness (QED) is 0.238. The fraction of sp³-hybridized carbons (Fsp3) is 0.258. The molecule has 222 valence electrons. The van der Waals surface area contributed by atoms with Gasteiger partial charge in [0, 0.05) is 18.0 Å². The van der Waals surface area contributed by atoms with Gasteiger partial charge in [0.2, 0.25) is 12.2 Å². The summed E-state index contributed by atoms with van der Waals surface area (Å²) in [6, 6.07) is 22.1. The van der Waals surface area contributed by atoms with E-state index in [1.54, 1.807) is 25.3 Å². The SMILES string of the molecule is COc1cccc(C(=O)[C@@H](C)CN(C)C)c1.O=C(OC(C(=O)O)C(OC(=O)c1ccccc1)C(=O)O)c1ccccc1. The molecule has 0 aliphatic carbocycles. The molecule has 0 aliphatic rings. The molecular formula is C31H33NO10. The Morgan fingerprint density at radius 1 is 0.690 bits per heavy atom. The zero-order valence-electron chi connectivity index (χ0n) is 23.6. The number of carboxylic acid groups (broad SMARTS) is 2. The molecule has 0 aromatic heterocycles. The van der Waals surface area contributed by atoms with Crippen molar-refractivity contribution in [3.05, 3.63) is 102 Å². The topological polar surface area (TPSA) is 157 Å². The summed E-state index contributed by atoms with van der Waals surface area (Å²) in [4.78, 5) is 60.9. The van der Waals surface area contributed by atoms with Gasteiger partial charge in [-0.2, -0.15) is 0 Å². The molecule has 2 unspecified atom stereocenters. The lowest BCUT2D eigenvalue weighted by Crippen LogP contribution is -2.45. The van der Waals surface area contributed by atoms with Crippen LogP contribution in [0.3, 0.4) is 0 Å². The van der Waals surface area contributed by atoms with E-state index in [1.807, 2.05) is 44.1 Å². The highest BCUT2D eigenvalue weighted by atomic mass is 16.6. The van der Waals surface area contributed by atoms with Crippen molar-refractivity contribution in [1.82, 2.24) is 4.90 Å². The van der Waals surface area contributed by atoms with Gasteiger partial charge in [0.15, 0.2) is 5.78 Å². The van der Waals surface area contributed by atoms with Gasteiger partial charge >= 0.3 is 23.9 Å². The minimum atomic E-state index is -2.21. The van der Waals surface area contributed by atoms with E-state index in [4.69, 9.17) is 14.2 Å². The maximum Gasteiger partial charge on any atom is 0.349 e. The second-order valence-corrected chi connectivity index (χ2v) is 9.32. The number of esters is 2.